The van der Waals surface area contributed by atoms with E-state index in [2.05, 4.69) is 57.9 Å². The Bertz CT molecular complexity index is 580. The van der Waals surface area contributed by atoms with Gasteiger partial charge in [-0.15, -0.1) is 0 Å². The van der Waals surface area contributed by atoms with E-state index in [0.29, 0.717) is 0 Å². The number of aromatic nitrogens is 3. The summed E-state index contributed by atoms with van der Waals surface area (Å²) < 4.78 is 2.13. The maximum absolute atomic E-state index is 4.83. The lowest BCUT2D eigenvalue weighted by atomic mass is 9.85. The van der Waals surface area contributed by atoms with Crippen LogP contribution in [0.3, 0.4) is 0 Å². The van der Waals surface area contributed by atoms with Crippen LogP contribution in [0.25, 0.3) is 5.65 Å². The predicted molar refractivity (Wildman–Crippen MR) is 75.1 cm³/mol. The summed E-state index contributed by atoms with van der Waals surface area (Å²) in [6.07, 6.45) is 3.87. The molecule has 98 valence electrons. The zero-order chi connectivity index (χ0) is 13.7. The van der Waals surface area contributed by atoms with Crippen molar-refractivity contribution < 1.29 is 0 Å². The predicted octanol–water partition coefficient (Wildman–Crippen LogP) is 3.63. The highest BCUT2D eigenvalue weighted by Crippen LogP contribution is 2.31. The van der Waals surface area contributed by atoms with Gasteiger partial charge in [0, 0.05) is 29.1 Å². The van der Waals surface area contributed by atoms with E-state index < -0.39 is 0 Å². The van der Waals surface area contributed by atoms with Gasteiger partial charge in [0.25, 0.3) is 0 Å². The fraction of sp³-hybridized carbons (Fsp3) is 0.600. The molecule has 2 aromatic heterocycles. The van der Waals surface area contributed by atoms with Gasteiger partial charge in [0.2, 0.25) is 0 Å². The van der Waals surface area contributed by atoms with Crippen molar-refractivity contribution in [2.24, 2.45) is 0 Å². The molecule has 0 saturated heterocycles. The van der Waals surface area contributed by atoms with Gasteiger partial charge in [-0.05, 0) is 12.3 Å². The summed E-state index contributed by atoms with van der Waals surface area (Å²) in [5, 5.41) is 0. The first-order chi connectivity index (χ1) is 8.12. The molecule has 0 aromatic carbocycles. The van der Waals surface area contributed by atoms with Gasteiger partial charge in [0.1, 0.15) is 11.5 Å². The molecule has 0 radical (unpaired) electrons. The minimum Gasteiger partial charge on any atom is -0.287 e. The molecule has 0 atom stereocenters. The second-order valence-electron chi connectivity index (χ2n) is 7.02. The lowest BCUT2D eigenvalue weighted by Gasteiger charge is -2.26. The van der Waals surface area contributed by atoms with Crippen LogP contribution in [0.15, 0.2) is 12.4 Å². The number of hydrogen-bond donors (Lipinski definition) is 0. The third-order valence-electron chi connectivity index (χ3n) is 3.15. The first-order valence-electron chi connectivity index (χ1n) is 6.47. The average molecular weight is 245 g/mol. The highest BCUT2D eigenvalue weighted by molar-refractivity contribution is 5.54. The van der Waals surface area contributed by atoms with Crippen LogP contribution in [0.1, 0.15) is 58.6 Å². The van der Waals surface area contributed by atoms with Crippen LogP contribution in [0.5, 0.6) is 0 Å². The summed E-state index contributed by atoms with van der Waals surface area (Å²) in [6, 6.07) is 0. The van der Waals surface area contributed by atoms with Crippen LogP contribution in [-0.2, 0) is 10.8 Å². The van der Waals surface area contributed by atoms with Crippen molar-refractivity contribution in [2.45, 2.75) is 59.3 Å². The van der Waals surface area contributed by atoms with E-state index in [-0.39, 0.29) is 10.8 Å². The van der Waals surface area contributed by atoms with Gasteiger partial charge in [-0.1, -0.05) is 41.5 Å². The molecule has 0 saturated carbocycles. The molecule has 0 aliphatic heterocycles. The van der Waals surface area contributed by atoms with Crippen molar-refractivity contribution in [1.29, 1.82) is 0 Å². The highest BCUT2D eigenvalue weighted by atomic mass is 15.1. The molecular formula is C15H23N3. The normalized spacial score (nSPS) is 13.3. The third-order valence-corrected chi connectivity index (χ3v) is 3.15. The molecule has 0 unspecified atom stereocenters. The summed E-state index contributed by atoms with van der Waals surface area (Å²) >= 11 is 0. The standard InChI is InChI=1S/C15H23N3/c1-10-11(14(2,3)4)12-16-8-9-18(12)13(17-10)15(5,6)7/h8-9H,1-7H3. The van der Waals surface area contributed by atoms with E-state index in [4.69, 9.17) is 4.98 Å². The third kappa shape index (κ3) is 2.02. The largest absolute Gasteiger partial charge is 0.287 e. The second-order valence-corrected chi connectivity index (χ2v) is 7.02. The minimum absolute atomic E-state index is 0.0140. The molecule has 0 spiro atoms. The van der Waals surface area contributed by atoms with Crippen LogP contribution >= 0.6 is 0 Å². The SMILES string of the molecule is Cc1nc(C(C)(C)C)n2ccnc2c1C(C)(C)C. The van der Waals surface area contributed by atoms with Crippen molar-refractivity contribution in [3.05, 3.63) is 29.5 Å². The van der Waals surface area contributed by atoms with Gasteiger partial charge in [-0.2, -0.15) is 0 Å². The first-order valence-corrected chi connectivity index (χ1v) is 6.47. The number of hydrogen-bond acceptors (Lipinski definition) is 2. The molecule has 0 fully saturated rings. The van der Waals surface area contributed by atoms with Gasteiger partial charge in [0.05, 0.1) is 0 Å². The van der Waals surface area contributed by atoms with Crippen LogP contribution < -0.4 is 0 Å². The fourth-order valence-electron chi connectivity index (χ4n) is 2.50. The van der Waals surface area contributed by atoms with E-state index in [0.717, 1.165) is 17.2 Å². The lowest BCUT2D eigenvalue weighted by molar-refractivity contribution is 0.522. The van der Waals surface area contributed by atoms with Crippen molar-refractivity contribution >= 4 is 5.65 Å². The molecule has 3 nitrogen and oxygen atoms in total. The molecule has 0 aliphatic carbocycles. The van der Waals surface area contributed by atoms with E-state index in [1.54, 1.807) is 0 Å². The fourth-order valence-corrected chi connectivity index (χ4v) is 2.50. The Hall–Kier alpha value is -1.38. The molecule has 2 aromatic rings. The van der Waals surface area contributed by atoms with E-state index in [1.807, 2.05) is 12.4 Å². The Labute approximate surface area is 109 Å². The summed E-state index contributed by atoms with van der Waals surface area (Å²) in [4.78, 5) is 9.38. The zero-order valence-corrected chi connectivity index (χ0v) is 12.5. The van der Waals surface area contributed by atoms with Crippen molar-refractivity contribution in [3.63, 3.8) is 0 Å². The Morgan fingerprint density at radius 2 is 1.61 bits per heavy atom. The van der Waals surface area contributed by atoms with Crippen LogP contribution in [0.2, 0.25) is 0 Å². The molecule has 2 heterocycles. The zero-order valence-electron chi connectivity index (χ0n) is 12.5. The first kappa shape index (κ1) is 13.1. The molecule has 0 aliphatic rings. The molecule has 0 amide bonds. The summed E-state index contributed by atoms with van der Waals surface area (Å²) in [5.74, 6) is 1.07. The number of nitrogens with zero attached hydrogens (tertiary/aromatic N) is 3. The number of fused-ring (bicyclic) bond motifs is 1. The molecule has 0 N–H and O–H groups in total. The molecule has 2 rings (SSSR count). The Morgan fingerprint density at radius 1 is 1.00 bits per heavy atom. The summed E-state index contributed by atoms with van der Waals surface area (Å²) in [7, 11) is 0. The maximum Gasteiger partial charge on any atom is 0.143 e. The van der Waals surface area contributed by atoms with Gasteiger partial charge in [-0.3, -0.25) is 4.40 Å². The number of rotatable bonds is 0. The average Bonchev–Trinajstić information content (AvgIpc) is 2.60. The van der Waals surface area contributed by atoms with Crippen LogP contribution in [-0.4, -0.2) is 14.4 Å². The summed E-state index contributed by atoms with van der Waals surface area (Å²) in [5.41, 5.74) is 3.44. The van der Waals surface area contributed by atoms with Crippen molar-refractivity contribution in [1.82, 2.24) is 14.4 Å². The summed E-state index contributed by atoms with van der Waals surface area (Å²) in [6.45, 7) is 15.3. The molecule has 18 heavy (non-hydrogen) atoms. The molecule has 3 heteroatoms. The van der Waals surface area contributed by atoms with Gasteiger partial charge in [0.15, 0.2) is 0 Å². The Balaban J connectivity index is 2.87. The number of aryl methyl sites for hydroxylation is 1. The lowest BCUT2D eigenvalue weighted by Crippen LogP contribution is -2.23. The number of imidazole rings is 1. The maximum atomic E-state index is 4.83. The van der Waals surface area contributed by atoms with Gasteiger partial charge in [-0.25, -0.2) is 9.97 Å². The topological polar surface area (TPSA) is 30.2 Å². The van der Waals surface area contributed by atoms with Crippen molar-refractivity contribution in [2.75, 3.05) is 0 Å². The van der Waals surface area contributed by atoms with E-state index in [9.17, 15) is 0 Å². The quantitative estimate of drug-likeness (QED) is 0.709. The van der Waals surface area contributed by atoms with E-state index in [1.165, 1.54) is 5.56 Å². The Kier molecular flexibility index (Phi) is 2.76. The van der Waals surface area contributed by atoms with Crippen LogP contribution in [0.4, 0.5) is 0 Å². The molecular weight excluding hydrogens is 222 g/mol. The van der Waals surface area contributed by atoms with Crippen LogP contribution in [0, 0.1) is 6.92 Å². The molecule has 0 bridgehead atoms. The monoisotopic (exact) mass is 245 g/mol. The van der Waals surface area contributed by atoms with Gasteiger partial charge >= 0.3 is 0 Å². The van der Waals surface area contributed by atoms with Crippen molar-refractivity contribution in [3.8, 4) is 0 Å². The Morgan fingerprint density at radius 3 is 2.11 bits per heavy atom. The minimum atomic E-state index is 0.0140. The van der Waals surface area contributed by atoms with E-state index >= 15 is 0 Å². The second kappa shape index (κ2) is 3.81. The van der Waals surface area contributed by atoms with Gasteiger partial charge < -0.3 is 0 Å². The smallest absolute Gasteiger partial charge is 0.143 e. The highest BCUT2D eigenvalue weighted by Gasteiger charge is 2.27.